The Morgan fingerprint density at radius 3 is 2.95 bits per heavy atom. The predicted molar refractivity (Wildman–Crippen MR) is 84.3 cm³/mol. The van der Waals surface area contributed by atoms with Gasteiger partial charge in [0.05, 0.1) is 6.61 Å². The predicted octanol–water partition coefficient (Wildman–Crippen LogP) is 3.80. The second-order valence-corrected chi connectivity index (χ2v) is 6.89. The number of fused-ring (bicyclic) bond motifs is 1. The van der Waals surface area contributed by atoms with E-state index in [1.807, 2.05) is 11.8 Å². The van der Waals surface area contributed by atoms with E-state index in [2.05, 4.69) is 44.3 Å². The molecule has 2 rings (SSSR count). The molecule has 1 aromatic carbocycles. The highest BCUT2D eigenvalue weighted by Crippen LogP contribution is 2.34. The SMILES string of the molecule is CCNC(CSC(C)C)c1cccc2c1OCCC2. The normalized spacial score (nSPS) is 16.0. The molecular weight excluding hydrogens is 254 g/mol. The summed E-state index contributed by atoms with van der Waals surface area (Å²) >= 11 is 2.01. The third kappa shape index (κ3) is 3.90. The van der Waals surface area contributed by atoms with E-state index < -0.39 is 0 Å². The van der Waals surface area contributed by atoms with E-state index in [9.17, 15) is 0 Å². The van der Waals surface area contributed by atoms with Crippen LogP contribution in [0.5, 0.6) is 5.75 Å². The van der Waals surface area contributed by atoms with Crippen LogP contribution in [0.1, 0.15) is 44.4 Å². The van der Waals surface area contributed by atoms with Gasteiger partial charge in [0.25, 0.3) is 0 Å². The Kier molecular flexibility index (Phi) is 5.59. The smallest absolute Gasteiger partial charge is 0.127 e. The number of benzene rings is 1. The van der Waals surface area contributed by atoms with Crippen LogP contribution in [0.2, 0.25) is 0 Å². The van der Waals surface area contributed by atoms with Crippen molar-refractivity contribution in [2.75, 3.05) is 18.9 Å². The highest BCUT2D eigenvalue weighted by Gasteiger charge is 2.20. The Balaban J connectivity index is 2.20. The lowest BCUT2D eigenvalue weighted by Gasteiger charge is -2.26. The quantitative estimate of drug-likeness (QED) is 0.855. The Morgan fingerprint density at radius 1 is 1.37 bits per heavy atom. The molecule has 1 heterocycles. The van der Waals surface area contributed by atoms with Crippen molar-refractivity contribution in [2.24, 2.45) is 0 Å². The first kappa shape index (κ1) is 14.7. The fourth-order valence-corrected chi connectivity index (χ4v) is 3.36. The van der Waals surface area contributed by atoms with Crippen LogP contribution in [0.3, 0.4) is 0 Å². The van der Waals surface area contributed by atoms with E-state index in [-0.39, 0.29) is 0 Å². The van der Waals surface area contributed by atoms with Crippen molar-refractivity contribution in [3.05, 3.63) is 29.3 Å². The summed E-state index contributed by atoms with van der Waals surface area (Å²) in [5.41, 5.74) is 2.72. The molecule has 3 heteroatoms. The molecule has 106 valence electrons. The fourth-order valence-electron chi connectivity index (χ4n) is 2.48. The molecule has 1 aliphatic rings. The number of hydrogen-bond donors (Lipinski definition) is 1. The lowest BCUT2D eigenvalue weighted by atomic mass is 9.98. The van der Waals surface area contributed by atoms with Crippen molar-refractivity contribution in [3.8, 4) is 5.75 Å². The van der Waals surface area contributed by atoms with Gasteiger partial charge in [0.1, 0.15) is 5.75 Å². The maximum atomic E-state index is 5.94. The van der Waals surface area contributed by atoms with Crippen LogP contribution in [0.25, 0.3) is 0 Å². The second kappa shape index (κ2) is 7.20. The summed E-state index contributed by atoms with van der Waals surface area (Å²) in [6.45, 7) is 8.53. The lowest BCUT2D eigenvalue weighted by molar-refractivity contribution is 0.282. The molecule has 1 N–H and O–H groups in total. The van der Waals surface area contributed by atoms with Crippen LogP contribution in [0.15, 0.2) is 18.2 Å². The zero-order valence-corrected chi connectivity index (χ0v) is 13.1. The maximum absolute atomic E-state index is 5.94. The summed E-state index contributed by atoms with van der Waals surface area (Å²) in [5.74, 6) is 2.25. The van der Waals surface area contributed by atoms with Crippen molar-refractivity contribution in [1.82, 2.24) is 5.32 Å². The molecular formula is C16H25NOS. The monoisotopic (exact) mass is 279 g/mol. The molecule has 19 heavy (non-hydrogen) atoms. The van der Waals surface area contributed by atoms with Gasteiger partial charge in [0.2, 0.25) is 0 Å². The molecule has 1 unspecified atom stereocenters. The van der Waals surface area contributed by atoms with Gasteiger partial charge >= 0.3 is 0 Å². The van der Waals surface area contributed by atoms with Gasteiger partial charge in [-0.05, 0) is 30.2 Å². The topological polar surface area (TPSA) is 21.3 Å². The van der Waals surface area contributed by atoms with Gasteiger partial charge < -0.3 is 10.1 Å². The minimum atomic E-state index is 0.394. The Labute approximate surface area is 121 Å². The van der Waals surface area contributed by atoms with E-state index in [1.165, 1.54) is 11.1 Å². The second-order valence-electron chi connectivity index (χ2n) is 5.28. The van der Waals surface area contributed by atoms with Gasteiger partial charge in [-0.2, -0.15) is 11.8 Å². The number of aryl methyl sites for hydroxylation is 1. The number of thioether (sulfide) groups is 1. The standard InChI is InChI=1S/C16H25NOS/c1-4-17-15(11-19-12(2)3)14-9-5-7-13-8-6-10-18-16(13)14/h5,7,9,12,15,17H,4,6,8,10-11H2,1-3H3. The van der Waals surface area contributed by atoms with E-state index >= 15 is 0 Å². The molecule has 0 saturated carbocycles. The Morgan fingerprint density at radius 2 is 2.21 bits per heavy atom. The molecule has 0 saturated heterocycles. The van der Waals surface area contributed by atoms with E-state index in [4.69, 9.17) is 4.74 Å². The zero-order chi connectivity index (χ0) is 13.7. The van der Waals surface area contributed by atoms with E-state index in [0.29, 0.717) is 11.3 Å². The summed E-state index contributed by atoms with van der Waals surface area (Å²) in [6.07, 6.45) is 2.29. The van der Waals surface area contributed by atoms with Gasteiger partial charge in [0, 0.05) is 17.4 Å². The molecule has 1 aromatic rings. The van der Waals surface area contributed by atoms with Crippen molar-refractivity contribution >= 4 is 11.8 Å². The Bertz CT molecular complexity index is 406. The highest BCUT2D eigenvalue weighted by molar-refractivity contribution is 7.99. The van der Waals surface area contributed by atoms with Crippen LogP contribution < -0.4 is 10.1 Å². The average Bonchev–Trinajstić information content (AvgIpc) is 2.43. The van der Waals surface area contributed by atoms with Crippen LogP contribution in [0.4, 0.5) is 0 Å². The first-order chi connectivity index (χ1) is 9.22. The number of para-hydroxylation sites is 1. The van der Waals surface area contributed by atoms with Crippen LogP contribution in [0, 0.1) is 0 Å². The maximum Gasteiger partial charge on any atom is 0.127 e. The number of hydrogen-bond acceptors (Lipinski definition) is 3. The molecule has 1 aliphatic heterocycles. The summed E-state index contributed by atoms with van der Waals surface area (Å²) in [5, 5.41) is 4.27. The molecule has 2 nitrogen and oxygen atoms in total. The van der Waals surface area contributed by atoms with Gasteiger partial charge in [-0.1, -0.05) is 39.0 Å². The highest BCUT2D eigenvalue weighted by atomic mass is 32.2. The van der Waals surface area contributed by atoms with Crippen molar-refractivity contribution < 1.29 is 4.74 Å². The third-order valence-electron chi connectivity index (χ3n) is 3.39. The molecule has 0 radical (unpaired) electrons. The number of nitrogens with one attached hydrogen (secondary N) is 1. The minimum absolute atomic E-state index is 0.394. The van der Waals surface area contributed by atoms with Gasteiger partial charge in [-0.3, -0.25) is 0 Å². The zero-order valence-electron chi connectivity index (χ0n) is 12.2. The first-order valence-corrected chi connectivity index (χ1v) is 8.36. The molecule has 1 atom stereocenters. The number of ether oxygens (including phenoxy) is 1. The van der Waals surface area contributed by atoms with E-state index in [0.717, 1.165) is 37.5 Å². The molecule has 0 aliphatic carbocycles. The largest absolute Gasteiger partial charge is 0.493 e. The van der Waals surface area contributed by atoms with Gasteiger partial charge in [0.15, 0.2) is 0 Å². The summed E-state index contributed by atoms with van der Waals surface area (Å²) in [7, 11) is 0. The molecule has 0 aromatic heterocycles. The van der Waals surface area contributed by atoms with Gasteiger partial charge in [-0.25, -0.2) is 0 Å². The van der Waals surface area contributed by atoms with Crippen molar-refractivity contribution in [3.63, 3.8) is 0 Å². The molecule has 0 fully saturated rings. The lowest BCUT2D eigenvalue weighted by Crippen LogP contribution is -2.25. The van der Waals surface area contributed by atoms with Crippen LogP contribution in [-0.4, -0.2) is 24.2 Å². The summed E-state index contributed by atoms with van der Waals surface area (Å²) in [4.78, 5) is 0. The molecule has 0 bridgehead atoms. The van der Waals surface area contributed by atoms with Gasteiger partial charge in [-0.15, -0.1) is 0 Å². The minimum Gasteiger partial charge on any atom is -0.493 e. The Hall–Kier alpha value is -0.670. The van der Waals surface area contributed by atoms with E-state index in [1.54, 1.807) is 0 Å². The summed E-state index contributed by atoms with van der Waals surface area (Å²) < 4.78 is 5.94. The van der Waals surface area contributed by atoms with Crippen LogP contribution in [-0.2, 0) is 6.42 Å². The summed E-state index contributed by atoms with van der Waals surface area (Å²) in [6, 6.07) is 6.99. The fraction of sp³-hybridized carbons (Fsp3) is 0.625. The first-order valence-electron chi connectivity index (χ1n) is 7.32. The third-order valence-corrected chi connectivity index (χ3v) is 4.58. The van der Waals surface area contributed by atoms with Crippen molar-refractivity contribution in [1.29, 1.82) is 0 Å². The van der Waals surface area contributed by atoms with Crippen molar-refractivity contribution in [2.45, 2.75) is 44.9 Å². The van der Waals surface area contributed by atoms with Crippen LogP contribution >= 0.6 is 11.8 Å². The molecule has 0 spiro atoms. The number of rotatable bonds is 6. The average molecular weight is 279 g/mol. The molecule has 0 amide bonds.